The maximum absolute atomic E-state index is 11.8. The minimum atomic E-state index is -0.725. The number of hydrogen-bond acceptors (Lipinski definition) is 5. The molecule has 0 atom stereocenters. The quantitative estimate of drug-likeness (QED) is 0.162. The predicted molar refractivity (Wildman–Crippen MR) is 140 cm³/mol. The molecule has 0 radical (unpaired) electrons. The number of benzene rings is 4. The largest absolute Gasteiger partial charge is 0.508 e. The summed E-state index contributed by atoms with van der Waals surface area (Å²) in [6.45, 7) is 1.68. The third kappa shape index (κ3) is 7.54. The Hall–Kier alpha value is -3.93. The van der Waals surface area contributed by atoms with Crippen LogP contribution in [0.25, 0.3) is 22.3 Å². The molecule has 0 heterocycles. The van der Waals surface area contributed by atoms with E-state index in [2.05, 4.69) is 36.4 Å². The SMILES string of the molecule is O=C(OCCOCc1ccccc1-c1ccccc1)OCCOCc1ccccc1-c1ccccc1. The van der Waals surface area contributed by atoms with Crippen molar-refractivity contribution in [1.82, 2.24) is 0 Å². The lowest BCUT2D eigenvalue weighted by Gasteiger charge is -2.11. The Kier molecular flexibility index (Phi) is 9.67. The molecule has 0 aliphatic carbocycles. The summed E-state index contributed by atoms with van der Waals surface area (Å²) in [4.78, 5) is 11.8. The van der Waals surface area contributed by atoms with E-state index in [0.717, 1.165) is 33.4 Å². The molecule has 0 aromatic heterocycles. The summed E-state index contributed by atoms with van der Waals surface area (Å²) in [5.74, 6) is 0. The van der Waals surface area contributed by atoms with Gasteiger partial charge in [0, 0.05) is 0 Å². The maximum Gasteiger partial charge on any atom is 0.508 e. The zero-order valence-corrected chi connectivity index (χ0v) is 20.2. The van der Waals surface area contributed by atoms with E-state index >= 15 is 0 Å². The van der Waals surface area contributed by atoms with E-state index in [4.69, 9.17) is 18.9 Å². The fourth-order valence-electron chi connectivity index (χ4n) is 3.86. The van der Waals surface area contributed by atoms with Crippen LogP contribution >= 0.6 is 0 Å². The van der Waals surface area contributed by atoms with Gasteiger partial charge < -0.3 is 18.9 Å². The van der Waals surface area contributed by atoms with Crippen molar-refractivity contribution in [2.75, 3.05) is 26.4 Å². The highest BCUT2D eigenvalue weighted by Gasteiger charge is 2.07. The lowest BCUT2D eigenvalue weighted by Crippen LogP contribution is -2.15. The number of ether oxygens (including phenoxy) is 4. The van der Waals surface area contributed by atoms with Crippen molar-refractivity contribution in [3.8, 4) is 22.3 Å². The molecule has 0 unspecified atom stereocenters. The van der Waals surface area contributed by atoms with Gasteiger partial charge in [0.2, 0.25) is 0 Å². The molecular formula is C31H30O5. The van der Waals surface area contributed by atoms with Crippen molar-refractivity contribution in [2.45, 2.75) is 13.2 Å². The first kappa shape index (κ1) is 25.2. The van der Waals surface area contributed by atoms with Gasteiger partial charge in [0.15, 0.2) is 0 Å². The molecule has 36 heavy (non-hydrogen) atoms. The van der Waals surface area contributed by atoms with E-state index in [1.807, 2.05) is 72.8 Å². The van der Waals surface area contributed by atoms with E-state index in [0.29, 0.717) is 13.2 Å². The number of carbonyl (C=O) groups excluding carboxylic acids is 1. The Labute approximate surface area is 212 Å². The Morgan fingerprint density at radius 2 is 0.861 bits per heavy atom. The van der Waals surface area contributed by atoms with Crippen LogP contribution in [-0.2, 0) is 32.2 Å². The highest BCUT2D eigenvalue weighted by Crippen LogP contribution is 2.25. The highest BCUT2D eigenvalue weighted by molar-refractivity contribution is 5.67. The second-order valence-electron chi connectivity index (χ2n) is 8.10. The summed E-state index contributed by atoms with van der Waals surface area (Å²) in [5, 5.41) is 0. The van der Waals surface area contributed by atoms with Gasteiger partial charge in [-0.1, -0.05) is 109 Å². The average molecular weight is 483 g/mol. The van der Waals surface area contributed by atoms with E-state index < -0.39 is 6.16 Å². The minimum Gasteiger partial charge on any atom is -0.432 e. The van der Waals surface area contributed by atoms with Crippen LogP contribution in [0.5, 0.6) is 0 Å². The predicted octanol–water partition coefficient (Wildman–Crippen LogP) is 6.91. The number of rotatable bonds is 12. The molecule has 4 aromatic rings. The summed E-state index contributed by atoms with van der Waals surface area (Å²) in [6, 6.07) is 36.6. The molecule has 0 N–H and O–H groups in total. The smallest absolute Gasteiger partial charge is 0.432 e. The molecule has 0 aliphatic rings. The van der Waals surface area contributed by atoms with Crippen molar-refractivity contribution in [3.05, 3.63) is 120 Å². The monoisotopic (exact) mass is 482 g/mol. The molecule has 0 saturated heterocycles. The summed E-state index contributed by atoms with van der Waals surface area (Å²) in [6.07, 6.45) is -0.725. The van der Waals surface area contributed by atoms with E-state index in [1.165, 1.54) is 0 Å². The topological polar surface area (TPSA) is 54.0 Å². The van der Waals surface area contributed by atoms with Crippen molar-refractivity contribution < 1.29 is 23.7 Å². The first-order valence-corrected chi connectivity index (χ1v) is 12.0. The first-order chi connectivity index (χ1) is 17.8. The van der Waals surface area contributed by atoms with Crippen molar-refractivity contribution in [2.24, 2.45) is 0 Å². The molecule has 0 fully saturated rings. The number of carbonyl (C=O) groups is 1. The third-order valence-corrected chi connectivity index (χ3v) is 5.61. The van der Waals surface area contributed by atoms with Gasteiger partial charge in [0.25, 0.3) is 0 Å². The Morgan fingerprint density at radius 3 is 1.31 bits per heavy atom. The molecule has 0 amide bonds. The van der Waals surface area contributed by atoms with Gasteiger partial charge in [-0.2, -0.15) is 0 Å². The molecule has 0 saturated carbocycles. The number of hydrogen-bond donors (Lipinski definition) is 0. The van der Waals surface area contributed by atoms with Crippen molar-refractivity contribution in [3.63, 3.8) is 0 Å². The van der Waals surface area contributed by atoms with Crippen LogP contribution in [-0.4, -0.2) is 32.6 Å². The van der Waals surface area contributed by atoms with Crippen LogP contribution in [0.2, 0.25) is 0 Å². The Balaban J connectivity index is 1.11. The molecule has 4 rings (SSSR count). The second-order valence-corrected chi connectivity index (χ2v) is 8.10. The molecule has 4 aromatic carbocycles. The van der Waals surface area contributed by atoms with Gasteiger partial charge in [-0.25, -0.2) is 4.79 Å². The van der Waals surface area contributed by atoms with E-state index in [1.54, 1.807) is 0 Å². The summed E-state index contributed by atoms with van der Waals surface area (Å²) in [5.41, 5.74) is 6.70. The Bertz CT molecular complexity index is 1110. The van der Waals surface area contributed by atoms with Gasteiger partial charge in [-0.3, -0.25) is 0 Å². The highest BCUT2D eigenvalue weighted by atomic mass is 16.7. The van der Waals surface area contributed by atoms with Gasteiger partial charge in [-0.15, -0.1) is 0 Å². The third-order valence-electron chi connectivity index (χ3n) is 5.61. The first-order valence-electron chi connectivity index (χ1n) is 12.0. The van der Waals surface area contributed by atoms with Crippen LogP contribution < -0.4 is 0 Å². The van der Waals surface area contributed by atoms with Crippen LogP contribution in [0.1, 0.15) is 11.1 Å². The van der Waals surface area contributed by atoms with Crippen molar-refractivity contribution >= 4 is 6.16 Å². The average Bonchev–Trinajstić information content (AvgIpc) is 2.94. The second kappa shape index (κ2) is 13.8. The zero-order chi connectivity index (χ0) is 24.8. The van der Waals surface area contributed by atoms with E-state index in [-0.39, 0.29) is 26.4 Å². The lowest BCUT2D eigenvalue weighted by atomic mass is 10.0. The van der Waals surface area contributed by atoms with Crippen LogP contribution in [0.3, 0.4) is 0 Å². The normalized spacial score (nSPS) is 10.7. The Morgan fingerprint density at radius 1 is 0.472 bits per heavy atom. The van der Waals surface area contributed by atoms with Crippen LogP contribution in [0, 0.1) is 0 Å². The van der Waals surface area contributed by atoms with Gasteiger partial charge >= 0.3 is 6.16 Å². The lowest BCUT2D eigenvalue weighted by molar-refractivity contribution is 0.00660. The molecule has 184 valence electrons. The molecule has 0 bridgehead atoms. The van der Waals surface area contributed by atoms with Crippen LogP contribution in [0.15, 0.2) is 109 Å². The summed E-state index contributed by atoms with van der Waals surface area (Å²) >= 11 is 0. The molecule has 5 nitrogen and oxygen atoms in total. The fraction of sp³-hybridized carbons (Fsp3) is 0.194. The summed E-state index contributed by atoms with van der Waals surface area (Å²) in [7, 11) is 0. The molecule has 0 spiro atoms. The molecule has 0 aliphatic heterocycles. The summed E-state index contributed by atoms with van der Waals surface area (Å²) < 4.78 is 21.6. The van der Waals surface area contributed by atoms with Gasteiger partial charge in [0.05, 0.1) is 26.4 Å². The minimum absolute atomic E-state index is 0.123. The van der Waals surface area contributed by atoms with Crippen molar-refractivity contribution in [1.29, 1.82) is 0 Å². The fourth-order valence-corrected chi connectivity index (χ4v) is 3.86. The van der Waals surface area contributed by atoms with Gasteiger partial charge in [-0.05, 0) is 33.4 Å². The van der Waals surface area contributed by atoms with Crippen LogP contribution in [0.4, 0.5) is 4.79 Å². The van der Waals surface area contributed by atoms with Gasteiger partial charge in [0.1, 0.15) is 13.2 Å². The zero-order valence-electron chi connectivity index (χ0n) is 20.2. The standard InChI is InChI=1S/C31H30O5/c32-31(35-21-19-33-23-27-15-7-9-17-29(27)25-11-3-1-4-12-25)36-22-20-34-24-28-16-8-10-18-30(28)26-13-5-2-6-14-26/h1-18H,19-24H2. The molecule has 5 heteroatoms. The maximum atomic E-state index is 11.8. The molecular weight excluding hydrogens is 452 g/mol. The van der Waals surface area contributed by atoms with E-state index in [9.17, 15) is 4.79 Å².